The predicted octanol–water partition coefficient (Wildman–Crippen LogP) is 3.49. The first kappa shape index (κ1) is 15.2. The van der Waals surface area contributed by atoms with Crippen LogP contribution < -0.4 is 0 Å². The molecule has 0 spiro atoms. The van der Waals surface area contributed by atoms with Crippen LogP contribution in [0.2, 0.25) is 0 Å². The third kappa shape index (κ3) is 3.38. The Hall–Kier alpha value is -1.68. The number of rotatable bonds is 3. The van der Waals surface area contributed by atoms with Gasteiger partial charge in [0.2, 0.25) is 0 Å². The first-order chi connectivity index (χ1) is 10.4. The molecule has 0 radical (unpaired) electrons. The summed E-state index contributed by atoms with van der Waals surface area (Å²) >= 11 is 0. The summed E-state index contributed by atoms with van der Waals surface area (Å²) in [7, 11) is -3.00. The van der Waals surface area contributed by atoms with Gasteiger partial charge >= 0.3 is 0 Å². The Morgan fingerprint density at radius 3 is 2.64 bits per heavy atom. The van der Waals surface area contributed by atoms with E-state index in [1.54, 1.807) is 6.07 Å². The van der Waals surface area contributed by atoms with Crippen LogP contribution in [0.5, 0.6) is 0 Å². The molecule has 0 saturated carbocycles. The minimum Gasteiger partial charge on any atom is -0.229 e. The van der Waals surface area contributed by atoms with Crippen molar-refractivity contribution >= 4 is 9.84 Å². The summed E-state index contributed by atoms with van der Waals surface area (Å²) in [5.41, 5.74) is 4.54. The number of halogens is 1. The lowest BCUT2D eigenvalue weighted by atomic mass is 9.89. The fraction of sp³-hybridized carbons (Fsp3) is 0.333. The number of hydrogen-bond donors (Lipinski definition) is 0. The van der Waals surface area contributed by atoms with E-state index in [1.165, 1.54) is 23.4 Å². The quantitative estimate of drug-likeness (QED) is 0.868. The molecule has 4 heteroatoms. The fourth-order valence-electron chi connectivity index (χ4n) is 3.24. The average Bonchev–Trinajstić information content (AvgIpc) is 2.60. The van der Waals surface area contributed by atoms with E-state index in [0.29, 0.717) is 12.8 Å². The first-order valence-electron chi connectivity index (χ1n) is 7.45. The van der Waals surface area contributed by atoms with E-state index in [1.807, 2.05) is 18.2 Å². The summed E-state index contributed by atoms with van der Waals surface area (Å²) in [6, 6.07) is 13.1. The standard InChI is InChI=1S/C18H19FO2S/c1-22(20,21)9-8-15-11-16-12-17(19)7-6-13(16)10-14-4-2-3-5-18(14)15/h2-7,12,15H,8-11H2,1H3/t15-/m0/s1. The topological polar surface area (TPSA) is 34.1 Å². The van der Waals surface area contributed by atoms with Crippen LogP contribution in [-0.2, 0) is 22.7 Å². The van der Waals surface area contributed by atoms with Crippen molar-refractivity contribution in [3.63, 3.8) is 0 Å². The van der Waals surface area contributed by atoms with Crippen LogP contribution in [0.4, 0.5) is 4.39 Å². The van der Waals surface area contributed by atoms with E-state index in [4.69, 9.17) is 0 Å². The molecular weight excluding hydrogens is 299 g/mol. The summed E-state index contributed by atoms with van der Waals surface area (Å²) in [5, 5.41) is 0. The van der Waals surface area contributed by atoms with Gasteiger partial charge in [0.05, 0.1) is 5.75 Å². The van der Waals surface area contributed by atoms with Gasteiger partial charge in [0.25, 0.3) is 0 Å². The van der Waals surface area contributed by atoms with E-state index >= 15 is 0 Å². The van der Waals surface area contributed by atoms with Crippen molar-refractivity contribution in [3.8, 4) is 0 Å². The Labute approximate surface area is 130 Å². The van der Waals surface area contributed by atoms with Crippen molar-refractivity contribution in [1.29, 1.82) is 0 Å². The summed E-state index contributed by atoms with van der Waals surface area (Å²) in [6.07, 6.45) is 3.32. The zero-order valence-corrected chi connectivity index (χ0v) is 13.4. The lowest BCUT2D eigenvalue weighted by molar-refractivity contribution is 0.586. The molecule has 1 aliphatic rings. The first-order valence-corrected chi connectivity index (χ1v) is 9.51. The van der Waals surface area contributed by atoms with Crippen LogP contribution in [0.3, 0.4) is 0 Å². The molecule has 2 aromatic carbocycles. The minimum atomic E-state index is -3.00. The van der Waals surface area contributed by atoms with Crippen LogP contribution >= 0.6 is 0 Å². The maximum Gasteiger partial charge on any atom is 0.147 e. The third-order valence-electron chi connectivity index (χ3n) is 4.35. The summed E-state index contributed by atoms with van der Waals surface area (Å²) in [4.78, 5) is 0. The van der Waals surface area contributed by atoms with Crippen molar-refractivity contribution in [2.24, 2.45) is 0 Å². The molecule has 3 rings (SSSR count). The molecule has 0 aliphatic heterocycles. The predicted molar refractivity (Wildman–Crippen MR) is 86.4 cm³/mol. The normalized spacial score (nSPS) is 17.5. The van der Waals surface area contributed by atoms with Gasteiger partial charge in [-0.2, -0.15) is 0 Å². The van der Waals surface area contributed by atoms with Gasteiger partial charge in [-0.25, -0.2) is 12.8 Å². The molecule has 2 aromatic rings. The zero-order valence-electron chi connectivity index (χ0n) is 12.5. The smallest absolute Gasteiger partial charge is 0.147 e. The van der Waals surface area contributed by atoms with Gasteiger partial charge in [-0.1, -0.05) is 30.3 Å². The number of fused-ring (bicyclic) bond motifs is 2. The van der Waals surface area contributed by atoms with E-state index in [0.717, 1.165) is 17.5 Å². The van der Waals surface area contributed by atoms with Crippen LogP contribution in [0.25, 0.3) is 0 Å². The van der Waals surface area contributed by atoms with Crippen LogP contribution in [-0.4, -0.2) is 20.4 Å². The number of hydrogen-bond acceptors (Lipinski definition) is 2. The Morgan fingerprint density at radius 2 is 1.86 bits per heavy atom. The van der Waals surface area contributed by atoms with Crippen molar-refractivity contribution in [3.05, 3.63) is 70.5 Å². The van der Waals surface area contributed by atoms with E-state index < -0.39 is 9.84 Å². The molecule has 1 atom stereocenters. The van der Waals surface area contributed by atoms with Crippen molar-refractivity contribution in [1.82, 2.24) is 0 Å². The van der Waals surface area contributed by atoms with Crippen LogP contribution in [0.15, 0.2) is 42.5 Å². The zero-order chi connectivity index (χ0) is 15.7. The maximum atomic E-state index is 13.6. The molecule has 0 bridgehead atoms. The number of sulfone groups is 1. The van der Waals surface area contributed by atoms with Gasteiger partial charge in [0.1, 0.15) is 15.7 Å². The SMILES string of the molecule is CS(=O)(=O)CC[C@H]1Cc2cc(F)ccc2Cc2ccccc21. The van der Waals surface area contributed by atoms with Crippen molar-refractivity contribution in [2.45, 2.75) is 25.2 Å². The Kier molecular flexibility index (Phi) is 4.04. The van der Waals surface area contributed by atoms with Gasteiger partial charge in [-0.05, 0) is 59.6 Å². The maximum absolute atomic E-state index is 13.6. The largest absolute Gasteiger partial charge is 0.229 e. The summed E-state index contributed by atoms with van der Waals surface area (Å²) in [5.74, 6) is 0.0527. The minimum absolute atomic E-state index is 0.119. The molecule has 0 fully saturated rings. The Bertz CT molecular complexity index is 796. The summed E-state index contributed by atoms with van der Waals surface area (Å²) in [6.45, 7) is 0. The second-order valence-corrected chi connectivity index (χ2v) is 8.37. The molecule has 22 heavy (non-hydrogen) atoms. The van der Waals surface area contributed by atoms with Gasteiger partial charge in [-0.15, -0.1) is 0 Å². The molecule has 0 saturated heterocycles. The highest BCUT2D eigenvalue weighted by molar-refractivity contribution is 7.90. The van der Waals surface area contributed by atoms with Gasteiger partial charge in [-0.3, -0.25) is 0 Å². The van der Waals surface area contributed by atoms with E-state index in [-0.39, 0.29) is 17.5 Å². The second-order valence-electron chi connectivity index (χ2n) is 6.11. The van der Waals surface area contributed by atoms with Gasteiger partial charge in [0.15, 0.2) is 0 Å². The molecule has 0 unspecified atom stereocenters. The van der Waals surface area contributed by atoms with Crippen LogP contribution in [0.1, 0.15) is 34.6 Å². The highest BCUT2D eigenvalue weighted by atomic mass is 32.2. The van der Waals surface area contributed by atoms with Gasteiger partial charge in [0, 0.05) is 6.26 Å². The molecule has 0 aromatic heterocycles. The summed E-state index contributed by atoms with van der Waals surface area (Å²) < 4.78 is 36.6. The molecule has 2 nitrogen and oxygen atoms in total. The lowest BCUT2D eigenvalue weighted by Crippen LogP contribution is -2.11. The molecule has 0 N–H and O–H groups in total. The molecule has 0 heterocycles. The van der Waals surface area contributed by atoms with Crippen molar-refractivity contribution < 1.29 is 12.8 Å². The van der Waals surface area contributed by atoms with E-state index in [2.05, 4.69) is 12.1 Å². The fourth-order valence-corrected chi connectivity index (χ4v) is 3.96. The molecule has 116 valence electrons. The van der Waals surface area contributed by atoms with Crippen LogP contribution in [0, 0.1) is 5.82 Å². The average molecular weight is 318 g/mol. The highest BCUT2D eigenvalue weighted by Gasteiger charge is 2.23. The van der Waals surface area contributed by atoms with Gasteiger partial charge < -0.3 is 0 Å². The second kappa shape index (κ2) is 5.84. The monoisotopic (exact) mass is 318 g/mol. The lowest BCUT2D eigenvalue weighted by Gasteiger charge is -2.17. The molecule has 1 aliphatic carbocycles. The third-order valence-corrected chi connectivity index (χ3v) is 5.32. The van der Waals surface area contributed by atoms with Crippen molar-refractivity contribution in [2.75, 3.05) is 12.0 Å². The number of benzene rings is 2. The Morgan fingerprint density at radius 1 is 1.09 bits per heavy atom. The molecule has 0 amide bonds. The Balaban J connectivity index is 2.01. The molecular formula is C18H19FO2S. The van der Waals surface area contributed by atoms with E-state index in [9.17, 15) is 12.8 Å². The highest BCUT2D eigenvalue weighted by Crippen LogP contribution is 2.34.